The number of likely N-dealkylation sites (N-methyl/N-ethyl adjacent to an activating group) is 1. The van der Waals surface area contributed by atoms with Crippen LogP contribution in [0.3, 0.4) is 0 Å². The normalized spacial score (nSPS) is 13.0. The number of rotatable bonds is 10. The Morgan fingerprint density at radius 2 is 1.91 bits per heavy atom. The maximum Gasteiger partial charge on any atom is 0.262 e. The van der Waals surface area contributed by atoms with Crippen molar-refractivity contribution in [3.63, 3.8) is 0 Å². The quantitative estimate of drug-likeness (QED) is 0.261. The Labute approximate surface area is 221 Å². The van der Waals surface area contributed by atoms with Gasteiger partial charge in [-0.1, -0.05) is 13.3 Å². The second-order valence-electron chi connectivity index (χ2n) is 8.06. The fourth-order valence-corrected chi connectivity index (χ4v) is 5.02. The van der Waals surface area contributed by atoms with Gasteiger partial charge in [-0.15, -0.1) is 10.2 Å². The van der Waals surface area contributed by atoms with Crippen molar-refractivity contribution < 1.29 is 19.1 Å². The lowest BCUT2D eigenvalue weighted by Crippen LogP contribution is -2.30. The van der Waals surface area contributed by atoms with Gasteiger partial charge in [0.25, 0.3) is 11.8 Å². The number of ether oxygens (including phenoxy) is 1. The van der Waals surface area contributed by atoms with Crippen LogP contribution in [0.2, 0.25) is 0 Å². The second kappa shape index (κ2) is 11.9. The van der Waals surface area contributed by atoms with E-state index < -0.39 is 0 Å². The second-order valence-corrected chi connectivity index (χ2v) is 9.70. The number of unbranched alkanes of at least 4 members (excludes halogenated alkanes) is 1. The van der Waals surface area contributed by atoms with Crippen LogP contribution in [-0.2, 0) is 9.53 Å². The van der Waals surface area contributed by atoms with Gasteiger partial charge in [-0.3, -0.25) is 19.3 Å². The molecule has 0 aliphatic carbocycles. The smallest absolute Gasteiger partial charge is 0.262 e. The van der Waals surface area contributed by atoms with Gasteiger partial charge in [0.2, 0.25) is 5.91 Å². The summed E-state index contributed by atoms with van der Waals surface area (Å²) in [5.41, 5.74) is 2.79. The average Bonchev–Trinajstić information content (AvgIpc) is 3.05. The molecule has 0 atom stereocenters. The van der Waals surface area contributed by atoms with Crippen LogP contribution in [0.4, 0.5) is 22.7 Å². The standard InChI is InChI=1S/C24H27Br2N5O4/c1-5-6-9-31-23(33)16-13-17(25)22(21(26)20(16)24(31)34)29-28-18-8-7-15(30(3)10-11-35-4)12-19(18)27-14(2)32/h7-8,12-13H,5-6,9-11H2,1-4H3,(H,27,32). The van der Waals surface area contributed by atoms with E-state index in [2.05, 4.69) is 47.4 Å². The van der Waals surface area contributed by atoms with Crippen molar-refractivity contribution in [3.05, 3.63) is 44.3 Å². The molecule has 1 N–H and O–H groups in total. The predicted octanol–water partition coefficient (Wildman–Crippen LogP) is 6.06. The first kappa shape index (κ1) is 27.0. The van der Waals surface area contributed by atoms with E-state index in [1.807, 2.05) is 31.0 Å². The van der Waals surface area contributed by atoms with Gasteiger partial charge in [0, 0.05) is 44.3 Å². The molecule has 35 heavy (non-hydrogen) atoms. The number of carbonyl (C=O) groups excluding carboxylic acids is 3. The fourth-order valence-electron chi connectivity index (χ4n) is 3.57. The number of hydrogen-bond acceptors (Lipinski definition) is 7. The largest absolute Gasteiger partial charge is 0.383 e. The number of anilines is 2. The van der Waals surface area contributed by atoms with Gasteiger partial charge in [0.1, 0.15) is 11.4 Å². The van der Waals surface area contributed by atoms with E-state index in [1.54, 1.807) is 19.2 Å². The van der Waals surface area contributed by atoms with Gasteiger partial charge >= 0.3 is 0 Å². The molecule has 2 aromatic rings. The number of carbonyl (C=O) groups is 3. The Morgan fingerprint density at radius 3 is 2.57 bits per heavy atom. The van der Waals surface area contributed by atoms with Crippen LogP contribution in [0.1, 0.15) is 47.4 Å². The summed E-state index contributed by atoms with van der Waals surface area (Å²) >= 11 is 6.92. The Kier molecular flexibility index (Phi) is 9.15. The molecule has 9 nitrogen and oxygen atoms in total. The highest BCUT2D eigenvalue weighted by atomic mass is 79.9. The summed E-state index contributed by atoms with van der Waals surface area (Å²) < 4.78 is 6.04. The summed E-state index contributed by atoms with van der Waals surface area (Å²) in [5.74, 6) is -0.907. The Morgan fingerprint density at radius 1 is 1.17 bits per heavy atom. The lowest BCUT2D eigenvalue weighted by atomic mass is 10.1. The highest BCUT2D eigenvalue weighted by Crippen LogP contribution is 2.43. The summed E-state index contributed by atoms with van der Waals surface area (Å²) in [6.07, 6.45) is 1.61. The molecule has 0 spiro atoms. The molecule has 0 saturated heterocycles. The maximum atomic E-state index is 12.9. The molecule has 1 aliphatic rings. The summed E-state index contributed by atoms with van der Waals surface area (Å²) in [7, 11) is 3.56. The molecule has 0 radical (unpaired) electrons. The number of benzene rings is 2. The third-order valence-electron chi connectivity index (χ3n) is 5.48. The topological polar surface area (TPSA) is 104 Å². The number of hydrogen-bond donors (Lipinski definition) is 1. The fraction of sp³-hybridized carbons (Fsp3) is 0.375. The minimum atomic E-state index is -0.350. The number of amides is 3. The van der Waals surface area contributed by atoms with Crippen molar-refractivity contribution >= 4 is 72.3 Å². The zero-order valence-corrected chi connectivity index (χ0v) is 23.2. The molecular formula is C24H27Br2N5O4. The number of imide groups is 1. The number of fused-ring (bicyclic) bond motifs is 1. The number of nitrogens with one attached hydrogen (secondary N) is 1. The third-order valence-corrected chi connectivity index (χ3v) is 6.86. The minimum Gasteiger partial charge on any atom is -0.383 e. The molecule has 1 aliphatic heterocycles. The molecule has 2 aromatic carbocycles. The summed E-state index contributed by atoms with van der Waals surface area (Å²) in [4.78, 5) is 40.8. The lowest BCUT2D eigenvalue weighted by Gasteiger charge is -2.20. The Bertz CT molecular complexity index is 1180. The van der Waals surface area contributed by atoms with E-state index in [4.69, 9.17) is 4.74 Å². The van der Waals surface area contributed by atoms with Gasteiger partial charge in [0.15, 0.2) is 0 Å². The molecule has 1 heterocycles. The van der Waals surface area contributed by atoms with Crippen molar-refractivity contribution in [2.45, 2.75) is 26.7 Å². The number of nitrogens with zero attached hydrogens (tertiary/aromatic N) is 4. The van der Waals surface area contributed by atoms with Crippen LogP contribution in [0.15, 0.2) is 43.4 Å². The zero-order chi connectivity index (χ0) is 25.7. The maximum absolute atomic E-state index is 12.9. The van der Waals surface area contributed by atoms with Crippen LogP contribution in [-0.4, -0.2) is 56.5 Å². The average molecular weight is 609 g/mol. The molecule has 11 heteroatoms. The first-order valence-corrected chi connectivity index (χ1v) is 12.7. The van der Waals surface area contributed by atoms with E-state index in [-0.39, 0.29) is 23.3 Å². The first-order valence-electron chi connectivity index (χ1n) is 11.1. The highest BCUT2D eigenvalue weighted by Gasteiger charge is 2.38. The molecule has 0 fully saturated rings. The van der Waals surface area contributed by atoms with E-state index in [0.717, 1.165) is 18.5 Å². The van der Waals surface area contributed by atoms with E-state index in [0.29, 0.717) is 51.3 Å². The van der Waals surface area contributed by atoms with Gasteiger partial charge in [-0.05, 0) is 62.5 Å². The molecule has 0 aromatic heterocycles. The van der Waals surface area contributed by atoms with Gasteiger partial charge in [-0.2, -0.15) is 0 Å². The van der Waals surface area contributed by atoms with Crippen molar-refractivity contribution in [2.75, 3.05) is 44.1 Å². The minimum absolute atomic E-state index is 0.241. The van der Waals surface area contributed by atoms with Crippen LogP contribution < -0.4 is 10.2 Å². The van der Waals surface area contributed by atoms with Gasteiger partial charge in [0.05, 0.1) is 27.9 Å². The summed E-state index contributed by atoms with van der Waals surface area (Å²) in [6, 6.07) is 7.04. The highest BCUT2D eigenvalue weighted by molar-refractivity contribution is 9.11. The molecule has 0 saturated carbocycles. The van der Waals surface area contributed by atoms with Gasteiger partial charge in [-0.25, -0.2) is 0 Å². The third kappa shape index (κ3) is 5.96. The molecule has 3 rings (SSSR count). The van der Waals surface area contributed by atoms with Crippen LogP contribution in [0.25, 0.3) is 0 Å². The van der Waals surface area contributed by atoms with E-state index >= 15 is 0 Å². The van der Waals surface area contributed by atoms with Crippen molar-refractivity contribution in [2.24, 2.45) is 10.2 Å². The Hall–Kier alpha value is -2.63. The lowest BCUT2D eigenvalue weighted by molar-refractivity contribution is -0.114. The number of halogens is 2. The molecular weight excluding hydrogens is 582 g/mol. The van der Waals surface area contributed by atoms with Gasteiger partial charge < -0.3 is 15.0 Å². The Balaban J connectivity index is 1.97. The monoisotopic (exact) mass is 607 g/mol. The zero-order valence-electron chi connectivity index (χ0n) is 20.0. The molecule has 3 amide bonds. The SMILES string of the molecule is CCCCN1C(=O)c2cc(Br)c(N=Nc3ccc(N(C)CCOC)cc3NC(C)=O)c(Br)c2C1=O. The van der Waals surface area contributed by atoms with E-state index in [1.165, 1.54) is 11.8 Å². The van der Waals surface area contributed by atoms with Crippen LogP contribution in [0, 0.1) is 0 Å². The van der Waals surface area contributed by atoms with Crippen LogP contribution >= 0.6 is 31.9 Å². The predicted molar refractivity (Wildman–Crippen MR) is 142 cm³/mol. The first-order chi connectivity index (χ1) is 16.7. The number of azo groups is 1. The summed E-state index contributed by atoms with van der Waals surface area (Å²) in [6.45, 7) is 5.03. The molecule has 186 valence electrons. The van der Waals surface area contributed by atoms with Crippen molar-refractivity contribution in [1.82, 2.24) is 4.90 Å². The summed E-state index contributed by atoms with van der Waals surface area (Å²) in [5, 5.41) is 11.5. The van der Waals surface area contributed by atoms with E-state index in [9.17, 15) is 14.4 Å². The number of methoxy groups -OCH3 is 1. The molecule has 0 bridgehead atoms. The molecule has 0 unspecified atom stereocenters. The van der Waals surface area contributed by atoms with Crippen molar-refractivity contribution in [3.8, 4) is 0 Å². The van der Waals surface area contributed by atoms with Crippen LogP contribution in [0.5, 0.6) is 0 Å². The van der Waals surface area contributed by atoms with Crippen molar-refractivity contribution in [1.29, 1.82) is 0 Å².